The Hall–Kier alpha value is -1.13. The normalized spacial score (nSPS) is 10.3. The second-order valence-corrected chi connectivity index (χ2v) is 3.45. The van der Waals surface area contributed by atoms with Crippen LogP contribution in [-0.4, -0.2) is 23.5 Å². The van der Waals surface area contributed by atoms with E-state index < -0.39 is 5.24 Å². The van der Waals surface area contributed by atoms with E-state index in [-0.39, 0.29) is 11.1 Å². The van der Waals surface area contributed by atoms with Crippen molar-refractivity contribution in [3.63, 3.8) is 0 Å². The van der Waals surface area contributed by atoms with Crippen molar-refractivity contribution >= 4 is 16.8 Å². The molecule has 0 unspecified atom stereocenters. The Morgan fingerprint density at radius 1 is 1.53 bits per heavy atom. The van der Waals surface area contributed by atoms with Crippen LogP contribution in [0.1, 0.15) is 16.1 Å². The molecule has 0 saturated carbocycles. The first-order valence-corrected chi connectivity index (χ1v) is 4.85. The van der Waals surface area contributed by atoms with Crippen molar-refractivity contribution < 1.29 is 9.53 Å². The lowest BCUT2D eigenvalue weighted by Crippen LogP contribution is -2.28. The Kier molecular flexibility index (Phi) is 4.05. The van der Waals surface area contributed by atoms with Gasteiger partial charge in [0, 0.05) is 19.3 Å². The summed E-state index contributed by atoms with van der Waals surface area (Å²) in [6, 6.07) is 3.13. The molecule has 1 rings (SSSR count). The zero-order valence-corrected chi connectivity index (χ0v) is 9.37. The molecule has 0 saturated heterocycles. The van der Waals surface area contributed by atoms with Gasteiger partial charge >= 0.3 is 0 Å². The molecule has 4 nitrogen and oxygen atoms in total. The van der Waals surface area contributed by atoms with E-state index >= 15 is 0 Å². The summed E-state index contributed by atoms with van der Waals surface area (Å²) in [5, 5.41) is -0.730. The van der Waals surface area contributed by atoms with E-state index in [1.165, 1.54) is 10.6 Å². The summed E-state index contributed by atoms with van der Waals surface area (Å²) in [7, 11) is 1.55. The van der Waals surface area contributed by atoms with Crippen LogP contribution >= 0.6 is 11.6 Å². The van der Waals surface area contributed by atoms with Crippen molar-refractivity contribution in [2.24, 2.45) is 0 Å². The number of hydrogen-bond acceptors (Lipinski definition) is 3. The fraction of sp³-hybridized carbons (Fsp3) is 0.400. The van der Waals surface area contributed by atoms with Gasteiger partial charge in [0.2, 0.25) is 0 Å². The molecular weight excluding hydrogens is 218 g/mol. The van der Waals surface area contributed by atoms with E-state index in [1.54, 1.807) is 20.1 Å². The minimum Gasteiger partial charge on any atom is -0.383 e. The second-order valence-electron chi connectivity index (χ2n) is 3.11. The van der Waals surface area contributed by atoms with Gasteiger partial charge in [-0.15, -0.1) is 0 Å². The first-order valence-electron chi connectivity index (χ1n) is 4.47. The molecule has 82 valence electrons. The zero-order chi connectivity index (χ0) is 11.4. The quantitative estimate of drug-likeness (QED) is 0.729. The molecule has 1 aromatic heterocycles. The Balaban J connectivity index is 3.18. The summed E-state index contributed by atoms with van der Waals surface area (Å²) in [5.74, 6) is 0. The van der Waals surface area contributed by atoms with Gasteiger partial charge in [0.05, 0.1) is 12.2 Å². The van der Waals surface area contributed by atoms with Crippen molar-refractivity contribution in [2.75, 3.05) is 13.7 Å². The smallest absolute Gasteiger partial charge is 0.263 e. The van der Waals surface area contributed by atoms with Crippen molar-refractivity contribution in [2.45, 2.75) is 13.5 Å². The van der Waals surface area contributed by atoms with Crippen molar-refractivity contribution in [3.8, 4) is 0 Å². The molecule has 0 fully saturated rings. The highest BCUT2D eigenvalue weighted by molar-refractivity contribution is 6.67. The number of ether oxygens (including phenoxy) is 1. The maximum atomic E-state index is 11.7. The minimum atomic E-state index is -0.730. The van der Waals surface area contributed by atoms with Crippen molar-refractivity contribution in [1.82, 2.24) is 4.57 Å². The number of nitrogens with zero attached hydrogens (tertiary/aromatic N) is 1. The molecule has 0 aromatic carbocycles. The molecule has 0 bridgehead atoms. The number of pyridine rings is 1. The fourth-order valence-corrected chi connectivity index (χ4v) is 1.42. The lowest BCUT2D eigenvalue weighted by Gasteiger charge is -2.09. The van der Waals surface area contributed by atoms with Crippen LogP contribution in [0, 0.1) is 6.92 Å². The maximum absolute atomic E-state index is 11.7. The average molecular weight is 230 g/mol. The number of methoxy groups -OCH3 is 1. The van der Waals surface area contributed by atoms with Crippen LogP contribution in [0.4, 0.5) is 0 Å². The molecule has 0 aliphatic heterocycles. The highest BCUT2D eigenvalue weighted by atomic mass is 35.5. The van der Waals surface area contributed by atoms with Gasteiger partial charge in [-0.05, 0) is 30.7 Å². The number of halogens is 1. The van der Waals surface area contributed by atoms with Crippen LogP contribution in [0.3, 0.4) is 0 Å². The number of carbonyl (C=O) groups is 1. The van der Waals surface area contributed by atoms with E-state index in [9.17, 15) is 9.59 Å². The Morgan fingerprint density at radius 2 is 2.20 bits per heavy atom. The molecule has 0 aliphatic rings. The number of aromatic nitrogens is 1. The Bertz CT molecular complexity index is 425. The van der Waals surface area contributed by atoms with E-state index in [1.807, 2.05) is 0 Å². The van der Waals surface area contributed by atoms with Gasteiger partial charge in [0.25, 0.3) is 10.8 Å². The molecule has 0 aliphatic carbocycles. The van der Waals surface area contributed by atoms with Gasteiger partial charge in [0.15, 0.2) is 0 Å². The number of aryl methyl sites for hydroxylation is 1. The van der Waals surface area contributed by atoms with Crippen molar-refractivity contribution in [1.29, 1.82) is 0 Å². The molecule has 1 heterocycles. The number of hydrogen-bond donors (Lipinski definition) is 0. The minimum absolute atomic E-state index is 0.00151. The lowest BCUT2D eigenvalue weighted by atomic mass is 10.2. The molecule has 0 radical (unpaired) electrons. The SMILES string of the molecule is COCCn1c(C)ccc(C(=O)Cl)c1=O. The van der Waals surface area contributed by atoms with Crippen molar-refractivity contribution in [3.05, 3.63) is 33.7 Å². The topological polar surface area (TPSA) is 48.3 Å². The van der Waals surface area contributed by atoms with Gasteiger partial charge in [-0.3, -0.25) is 9.59 Å². The molecule has 15 heavy (non-hydrogen) atoms. The predicted molar refractivity (Wildman–Crippen MR) is 57.5 cm³/mol. The highest BCUT2D eigenvalue weighted by Crippen LogP contribution is 2.01. The first kappa shape index (κ1) is 11.9. The summed E-state index contributed by atoms with van der Waals surface area (Å²) in [4.78, 5) is 22.7. The Morgan fingerprint density at radius 3 is 2.73 bits per heavy atom. The number of carbonyl (C=O) groups excluding carboxylic acids is 1. The van der Waals surface area contributed by atoms with Crippen LogP contribution in [0.2, 0.25) is 0 Å². The van der Waals surface area contributed by atoms with Crippen LogP contribution in [0.15, 0.2) is 16.9 Å². The van der Waals surface area contributed by atoms with Gasteiger partial charge in [-0.25, -0.2) is 0 Å². The lowest BCUT2D eigenvalue weighted by molar-refractivity contribution is 0.107. The Labute approximate surface area is 92.4 Å². The third-order valence-corrected chi connectivity index (χ3v) is 2.33. The van der Waals surface area contributed by atoms with Gasteiger partial charge in [0.1, 0.15) is 0 Å². The van der Waals surface area contributed by atoms with E-state index in [0.29, 0.717) is 13.2 Å². The largest absolute Gasteiger partial charge is 0.383 e. The molecule has 1 aromatic rings. The summed E-state index contributed by atoms with van der Waals surface area (Å²) in [5.41, 5.74) is 0.407. The summed E-state index contributed by atoms with van der Waals surface area (Å²) < 4.78 is 6.35. The second kappa shape index (κ2) is 5.09. The highest BCUT2D eigenvalue weighted by Gasteiger charge is 2.10. The third kappa shape index (κ3) is 2.67. The predicted octanol–water partition coefficient (Wildman–Crippen LogP) is 1.18. The van der Waals surface area contributed by atoms with Crippen LogP contribution in [0.5, 0.6) is 0 Å². The summed E-state index contributed by atoms with van der Waals surface area (Å²) >= 11 is 5.28. The average Bonchev–Trinajstić information content (AvgIpc) is 2.17. The van der Waals surface area contributed by atoms with E-state index in [2.05, 4.69) is 0 Å². The van der Waals surface area contributed by atoms with Gasteiger partial charge < -0.3 is 9.30 Å². The molecular formula is C10H12ClNO3. The third-order valence-electron chi connectivity index (χ3n) is 2.12. The van der Waals surface area contributed by atoms with E-state index in [4.69, 9.17) is 16.3 Å². The molecule has 5 heteroatoms. The number of rotatable bonds is 4. The monoisotopic (exact) mass is 229 g/mol. The molecule has 0 N–H and O–H groups in total. The van der Waals surface area contributed by atoms with Crippen LogP contribution in [0.25, 0.3) is 0 Å². The molecule has 0 atom stereocenters. The van der Waals surface area contributed by atoms with Crippen LogP contribution < -0.4 is 5.56 Å². The van der Waals surface area contributed by atoms with Gasteiger partial charge in [-0.1, -0.05) is 0 Å². The van der Waals surface area contributed by atoms with E-state index in [0.717, 1.165) is 5.69 Å². The standard InChI is InChI=1S/C10H12ClNO3/c1-7-3-4-8(9(11)13)10(14)12(7)5-6-15-2/h3-4H,5-6H2,1-2H3. The summed E-state index contributed by atoms with van der Waals surface area (Å²) in [6.45, 7) is 2.62. The molecule has 0 amide bonds. The summed E-state index contributed by atoms with van der Waals surface area (Å²) in [6.07, 6.45) is 0. The van der Waals surface area contributed by atoms with Crippen LogP contribution in [-0.2, 0) is 11.3 Å². The first-order chi connectivity index (χ1) is 7.07. The molecule has 0 spiro atoms. The van der Waals surface area contributed by atoms with Gasteiger partial charge in [-0.2, -0.15) is 0 Å². The maximum Gasteiger partial charge on any atom is 0.263 e. The fourth-order valence-electron chi connectivity index (χ4n) is 1.28. The zero-order valence-electron chi connectivity index (χ0n) is 8.62.